The summed E-state index contributed by atoms with van der Waals surface area (Å²) in [5.74, 6) is 1.50. The number of rotatable bonds is 5. The van der Waals surface area contributed by atoms with Gasteiger partial charge in [-0.1, -0.05) is 18.2 Å². The van der Waals surface area contributed by atoms with Crippen LogP contribution in [-0.2, 0) is 6.42 Å². The van der Waals surface area contributed by atoms with Crippen molar-refractivity contribution in [2.75, 3.05) is 0 Å². The molecule has 0 amide bonds. The van der Waals surface area contributed by atoms with Gasteiger partial charge in [-0.25, -0.2) is 0 Å². The molecule has 0 heterocycles. The van der Waals surface area contributed by atoms with Crippen molar-refractivity contribution < 1.29 is 9.53 Å². The molecule has 0 saturated heterocycles. The van der Waals surface area contributed by atoms with Crippen molar-refractivity contribution in [1.82, 2.24) is 0 Å². The number of hydrogen-bond donors (Lipinski definition) is 0. The Labute approximate surface area is 107 Å². The minimum absolute atomic E-state index is 0.642. The van der Waals surface area contributed by atoms with Crippen LogP contribution >= 0.6 is 0 Å². The molecule has 0 atom stereocenters. The Morgan fingerprint density at radius 3 is 2.00 bits per heavy atom. The molecular weight excluding hydrogens is 224 g/mol. The van der Waals surface area contributed by atoms with Gasteiger partial charge in [0.1, 0.15) is 17.8 Å². The summed E-state index contributed by atoms with van der Waals surface area (Å²) >= 11 is 0. The van der Waals surface area contributed by atoms with Crippen molar-refractivity contribution >= 4 is 6.29 Å². The highest BCUT2D eigenvalue weighted by molar-refractivity contribution is 5.74. The minimum Gasteiger partial charge on any atom is -0.457 e. The molecule has 0 N–H and O–H groups in total. The summed E-state index contributed by atoms with van der Waals surface area (Å²) in [6.45, 7) is 3.70. The quantitative estimate of drug-likeness (QED) is 0.581. The first-order valence-electron chi connectivity index (χ1n) is 5.75. The van der Waals surface area contributed by atoms with Crippen LogP contribution in [0, 0.1) is 0 Å². The average Bonchev–Trinajstić information content (AvgIpc) is 2.42. The Balaban J connectivity index is 2.07. The molecule has 0 aliphatic rings. The SMILES string of the molecule is C=CCc1ccc(Oc2ccc(C=O)cc2)cc1. The normalized spacial score (nSPS) is 9.78. The summed E-state index contributed by atoms with van der Waals surface area (Å²) in [7, 11) is 0. The van der Waals surface area contributed by atoms with E-state index < -0.39 is 0 Å². The van der Waals surface area contributed by atoms with Crippen LogP contribution in [0.25, 0.3) is 0 Å². The monoisotopic (exact) mass is 238 g/mol. The van der Waals surface area contributed by atoms with E-state index >= 15 is 0 Å². The molecule has 0 fully saturated rings. The summed E-state index contributed by atoms with van der Waals surface area (Å²) in [6.07, 6.45) is 3.54. The second kappa shape index (κ2) is 5.82. The van der Waals surface area contributed by atoms with Crippen LogP contribution in [0.3, 0.4) is 0 Å². The topological polar surface area (TPSA) is 26.3 Å². The lowest BCUT2D eigenvalue weighted by atomic mass is 10.1. The highest BCUT2D eigenvalue weighted by Gasteiger charge is 1.98. The van der Waals surface area contributed by atoms with Gasteiger partial charge >= 0.3 is 0 Å². The molecule has 0 aromatic heterocycles. The molecule has 2 nitrogen and oxygen atoms in total. The zero-order valence-corrected chi connectivity index (χ0v) is 10.0. The van der Waals surface area contributed by atoms with Gasteiger partial charge in [-0.2, -0.15) is 0 Å². The Morgan fingerprint density at radius 1 is 0.944 bits per heavy atom. The molecule has 0 aliphatic heterocycles. The Hall–Kier alpha value is -2.35. The third-order valence-electron chi connectivity index (χ3n) is 2.56. The van der Waals surface area contributed by atoms with E-state index in [1.807, 2.05) is 30.3 Å². The van der Waals surface area contributed by atoms with Gasteiger partial charge in [-0.3, -0.25) is 4.79 Å². The number of allylic oxidation sites excluding steroid dienone is 1. The second-order valence-corrected chi connectivity index (χ2v) is 3.93. The molecule has 0 saturated carbocycles. The molecule has 18 heavy (non-hydrogen) atoms. The summed E-state index contributed by atoms with van der Waals surface area (Å²) in [5, 5.41) is 0. The third kappa shape index (κ3) is 3.08. The minimum atomic E-state index is 0.642. The lowest BCUT2D eigenvalue weighted by molar-refractivity contribution is 0.112. The van der Waals surface area contributed by atoms with Crippen LogP contribution in [0.5, 0.6) is 11.5 Å². The number of carbonyl (C=O) groups is 1. The van der Waals surface area contributed by atoms with Crippen LogP contribution in [-0.4, -0.2) is 6.29 Å². The Bertz CT molecular complexity index is 524. The van der Waals surface area contributed by atoms with Crippen LogP contribution in [0.2, 0.25) is 0 Å². The van der Waals surface area contributed by atoms with Gasteiger partial charge in [0.15, 0.2) is 0 Å². The van der Waals surface area contributed by atoms with Crippen LogP contribution in [0.4, 0.5) is 0 Å². The molecule has 2 aromatic rings. The van der Waals surface area contributed by atoms with Crippen molar-refractivity contribution in [3.05, 3.63) is 72.3 Å². The molecule has 2 heteroatoms. The van der Waals surface area contributed by atoms with Gasteiger partial charge in [0.2, 0.25) is 0 Å². The van der Waals surface area contributed by atoms with E-state index in [-0.39, 0.29) is 0 Å². The number of ether oxygens (including phenoxy) is 1. The molecule has 2 aromatic carbocycles. The fourth-order valence-corrected chi connectivity index (χ4v) is 1.61. The first kappa shape index (κ1) is 12.1. The molecule has 0 bridgehead atoms. The fraction of sp³-hybridized carbons (Fsp3) is 0.0625. The van der Waals surface area contributed by atoms with Gasteiger partial charge in [0.05, 0.1) is 0 Å². The first-order valence-corrected chi connectivity index (χ1v) is 5.75. The predicted octanol–water partition coefficient (Wildman–Crippen LogP) is 4.02. The number of carbonyl (C=O) groups excluding carboxylic acids is 1. The second-order valence-electron chi connectivity index (χ2n) is 3.93. The summed E-state index contributed by atoms with van der Waals surface area (Å²) in [4.78, 5) is 10.5. The number of hydrogen-bond acceptors (Lipinski definition) is 2. The van der Waals surface area contributed by atoms with Crippen LogP contribution in [0.1, 0.15) is 15.9 Å². The van der Waals surface area contributed by atoms with Gasteiger partial charge < -0.3 is 4.74 Å². The van der Waals surface area contributed by atoms with Gasteiger partial charge in [0, 0.05) is 5.56 Å². The first-order chi connectivity index (χ1) is 8.81. The average molecular weight is 238 g/mol. The fourth-order valence-electron chi connectivity index (χ4n) is 1.61. The lowest BCUT2D eigenvalue weighted by Crippen LogP contribution is -1.86. The predicted molar refractivity (Wildman–Crippen MR) is 72.2 cm³/mol. The van der Waals surface area contributed by atoms with Crippen LogP contribution < -0.4 is 4.74 Å². The molecule has 0 spiro atoms. The van der Waals surface area contributed by atoms with Crippen molar-refractivity contribution in [2.45, 2.75) is 6.42 Å². The zero-order valence-electron chi connectivity index (χ0n) is 10.0. The highest BCUT2D eigenvalue weighted by atomic mass is 16.5. The van der Waals surface area contributed by atoms with Gasteiger partial charge in [-0.15, -0.1) is 6.58 Å². The lowest BCUT2D eigenvalue weighted by Gasteiger charge is -2.06. The van der Waals surface area contributed by atoms with E-state index in [0.29, 0.717) is 5.56 Å². The zero-order chi connectivity index (χ0) is 12.8. The molecule has 0 unspecified atom stereocenters. The molecule has 2 rings (SSSR count). The maximum absolute atomic E-state index is 10.5. The van der Waals surface area contributed by atoms with E-state index in [0.717, 1.165) is 24.2 Å². The van der Waals surface area contributed by atoms with Crippen molar-refractivity contribution in [3.63, 3.8) is 0 Å². The van der Waals surface area contributed by atoms with E-state index in [1.165, 1.54) is 5.56 Å². The third-order valence-corrected chi connectivity index (χ3v) is 2.56. The van der Waals surface area contributed by atoms with Gasteiger partial charge in [-0.05, 0) is 48.4 Å². The smallest absolute Gasteiger partial charge is 0.150 e. The summed E-state index contributed by atoms with van der Waals surface area (Å²) in [5.41, 5.74) is 1.84. The van der Waals surface area contributed by atoms with E-state index in [9.17, 15) is 4.79 Å². The highest BCUT2D eigenvalue weighted by Crippen LogP contribution is 2.21. The number of benzene rings is 2. The molecule has 0 aliphatic carbocycles. The Kier molecular flexibility index (Phi) is 3.92. The molecule has 90 valence electrons. The van der Waals surface area contributed by atoms with E-state index in [1.54, 1.807) is 24.3 Å². The standard InChI is InChI=1S/C16H14O2/c1-2-3-13-4-8-15(9-5-13)18-16-10-6-14(12-17)7-11-16/h2,4-12H,1,3H2. The van der Waals surface area contributed by atoms with E-state index in [4.69, 9.17) is 4.74 Å². The summed E-state index contributed by atoms with van der Waals surface area (Å²) < 4.78 is 5.67. The van der Waals surface area contributed by atoms with Crippen molar-refractivity contribution in [3.8, 4) is 11.5 Å². The Morgan fingerprint density at radius 2 is 1.50 bits per heavy atom. The summed E-state index contributed by atoms with van der Waals surface area (Å²) in [6, 6.07) is 14.9. The maximum atomic E-state index is 10.5. The van der Waals surface area contributed by atoms with Crippen LogP contribution in [0.15, 0.2) is 61.2 Å². The van der Waals surface area contributed by atoms with Crippen molar-refractivity contribution in [1.29, 1.82) is 0 Å². The van der Waals surface area contributed by atoms with Gasteiger partial charge in [0.25, 0.3) is 0 Å². The largest absolute Gasteiger partial charge is 0.457 e. The van der Waals surface area contributed by atoms with E-state index in [2.05, 4.69) is 6.58 Å². The molecule has 0 radical (unpaired) electrons. The molecular formula is C16H14O2. The maximum Gasteiger partial charge on any atom is 0.150 e. The number of aldehydes is 1. The van der Waals surface area contributed by atoms with Crippen molar-refractivity contribution in [2.24, 2.45) is 0 Å².